The number of ketones is 1. The second kappa shape index (κ2) is 8.82. The van der Waals surface area contributed by atoms with E-state index in [0.717, 1.165) is 9.26 Å². The van der Waals surface area contributed by atoms with E-state index >= 15 is 0 Å². The lowest BCUT2D eigenvalue weighted by Gasteiger charge is -2.08. The van der Waals surface area contributed by atoms with Crippen molar-refractivity contribution in [3.05, 3.63) is 57.2 Å². The molecule has 2 aromatic rings. The Labute approximate surface area is 155 Å². The number of aryl methyl sites for hydroxylation is 1. The lowest BCUT2D eigenvalue weighted by molar-refractivity contribution is -0.116. The van der Waals surface area contributed by atoms with Crippen molar-refractivity contribution >= 4 is 40.0 Å². The number of hydrogen-bond donors (Lipinski definition) is 1. The summed E-state index contributed by atoms with van der Waals surface area (Å²) in [7, 11) is 0. The highest BCUT2D eigenvalue weighted by Crippen LogP contribution is 2.17. The maximum atomic E-state index is 11.9. The molecule has 0 spiro atoms. The van der Waals surface area contributed by atoms with Crippen LogP contribution in [0.1, 0.15) is 35.7 Å². The van der Waals surface area contributed by atoms with Gasteiger partial charge in [0.15, 0.2) is 5.78 Å². The number of Topliss-reactive ketones (excluding diaryl/α,β-unsaturated/α-hetero) is 1. The average molecular weight is 437 g/mol. The topological polar surface area (TPSA) is 55.4 Å². The molecule has 0 aromatic heterocycles. The van der Waals surface area contributed by atoms with Crippen molar-refractivity contribution < 1.29 is 14.3 Å². The largest absolute Gasteiger partial charge is 0.494 e. The van der Waals surface area contributed by atoms with Gasteiger partial charge in [-0.25, -0.2) is 0 Å². The third-order valence-corrected chi connectivity index (χ3v) is 4.70. The van der Waals surface area contributed by atoms with Gasteiger partial charge >= 0.3 is 0 Å². The highest BCUT2D eigenvalue weighted by molar-refractivity contribution is 14.1. The van der Waals surface area contributed by atoms with Crippen molar-refractivity contribution in [3.63, 3.8) is 0 Å². The molecule has 0 unspecified atom stereocenters. The number of nitrogens with one attached hydrogen (secondary N) is 1. The summed E-state index contributed by atoms with van der Waals surface area (Å²) in [6, 6.07) is 12.9. The third-order valence-electron chi connectivity index (χ3n) is 3.53. The number of benzene rings is 2. The Morgan fingerprint density at radius 3 is 2.46 bits per heavy atom. The second-order valence-electron chi connectivity index (χ2n) is 5.54. The summed E-state index contributed by atoms with van der Waals surface area (Å²) in [5, 5.41) is 2.89. The molecule has 0 saturated carbocycles. The third kappa shape index (κ3) is 5.63. The fourth-order valence-corrected chi connectivity index (χ4v) is 2.62. The first-order valence-electron chi connectivity index (χ1n) is 7.75. The van der Waals surface area contributed by atoms with Crippen LogP contribution in [0.5, 0.6) is 5.75 Å². The van der Waals surface area contributed by atoms with Crippen LogP contribution in [-0.2, 0) is 4.79 Å². The molecule has 0 radical (unpaired) electrons. The van der Waals surface area contributed by atoms with Gasteiger partial charge in [0.05, 0.1) is 6.61 Å². The van der Waals surface area contributed by atoms with Gasteiger partial charge in [0, 0.05) is 21.2 Å². The van der Waals surface area contributed by atoms with E-state index in [4.69, 9.17) is 4.74 Å². The van der Waals surface area contributed by atoms with Gasteiger partial charge in [0.2, 0.25) is 5.91 Å². The number of carbonyl (C=O) groups is 2. The Kier molecular flexibility index (Phi) is 6.78. The molecule has 0 aliphatic rings. The van der Waals surface area contributed by atoms with Crippen LogP contribution in [0.4, 0.5) is 5.69 Å². The predicted molar refractivity (Wildman–Crippen MR) is 104 cm³/mol. The van der Waals surface area contributed by atoms with E-state index in [1.807, 2.05) is 25.1 Å². The molecular formula is C19H20INO3. The molecule has 2 aromatic carbocycles. The molecular weight excluding hydrogens is 417 g/mol. The van der Waals surface area contributed by atoms with Gasteiger partial charge < -0.3 is 10.1 Å². The van der Waals surface area contributed by atoms with E-state index in [1.165, 1.54) is 12.5 Å². The summed E-state index contributed by atoms with van der Waals surface area (Å²) in [6.45, 7) is 4.02. The zero-order chi connectivity index (χ0) is 17.5. The van der Waals surface area contributed by atoms with Crippen molar-refractivity contribution in [1.82, 2.24) is 0 Å². The van der Waals surface area contributed by atoms with Crippen molar-refractivity contribution in [2.24, 2.45) is 0 Å². The second-order valence-corrected chi connectivity index (χ2v) is 6.71. The van der Waals surface area contributed by atoms with E-state index in [9.17, 15) is 9.59 Å². The minimum Gasteiger partial charge on any atom is -0.494 e. The van der Waals surface area contributed by atoms with Crippen LogP contribution in [0.25, 0.3) is 0 Å². The predicted octanol–water partition coefficient (Wildman–Crippen LogP) is 4.60. The molecule has 0 aliphatic carbocycles. The monoisotopic (exact) mass is 437 g/mol. The maximum absolute atomic E-state index is 11.9. The van der Waals surface area contributed by atoms with Crippen molar-refractivity contribution in [2.75, 3.05) is 11.9 Å². The molecule has 4 nitrogen and oxygen atoms in total. The lowest BCUT2D eigenvalue weighted by Crippen LogP contribution is -2.13. The molecule has 0 bridgehead atoms. The van der Waals surface area contributed by atoms with Crippen molar-refractivity contribution in [1.29, 1.82) is 0 Å². The minimum absolute atomic E-state index is 0.0230. The molecule has 24 heavy (non-hydrogen) atoms. The number of carbonyl (C=O) groups excluding carboxylic acids is 2. The van der Waals surface area contributed by atoms with E-state index < -0.39 is 0 Å². The lowest BCUT2D eigenvalue weighted by atomic mass is 10.1. The SMILES string of the molecule is CC(=O)c1ccc(OCCCC(=O)Nc2ccc(C)c(I)c2)cc1. The summed E-state index contributed by atoms with van der Waals surface area (Å²) in [5.74, 6) is 0.711. The first-order chi connectivity index (χ1) is 11.5. The van der Waals surface area contributed by atoms with E-state index in [0.29, 0.717) is 30.8 Å². The smallest absolute Gasteiger partial charge is 0.224 e. The first kappa shape index (κ1) is 18.4. The Balaban J connectivity index is 1.72. The number of hydrogen-bond acceptors (Lipinski definition) is 3. The Hall–Kier alpha value is -1.89. The highest BCUT2D eigenvalue weighted by Gasteiger charge is 2.05. The number of anilines is 1. The Morgan fingerprint density at radius 1 is 1.12 bits per heavy atom. The number of ether oxygens (including phenoxy) is 1. The molecule has 1 amide bonds. The van der Waals surface area contributed by atoms with E-state index in [1.54, 1.807) is 24.3 Å². The fraction of sp³-hybridized carbons (Fsp3) is 0.263. The highest BCUT2D eigenvalue weighted by atomic mass is 127. The first-order valence-corrected chi connectivity index (χ1v) is 8.83. The summed E-state index contributed by atoms with van der Waals surface area (Å²) in [5.41, 5.74) is 2.67. The quantitative estimate of drug-likeness (QED) is 0.392. The maximum Gasteiger partial charge on any atom is 0.224 e. The van der Waals surface area contributed by atoms with E-state index in [-0.39, 0.29) is 11.7 Å². The normalized spacial score (nSPS) is 10.3. The molecule has 0 atom stereocenters. The summed E-state index contributed by atoms with van der Waals surface area (Å²) < 4.78 is 6.71. The molecule has 0 heterocycles. The van der Waals surface area contributed by atoms with Gasteiger partial charge in [-0.1, -0.05) is 6.07 Å². The molecule has 0 saturated heterocycles. The molecule has 5 heteroatoms. The van der Waals surface area contributed by atoms with Gasteiger partial charge in [-0.15, -0.1) is 0 Å². The average Bonchev–Trinajstić information content (AvgIpc) is 2.55. The summed E-state index contributed by atoms with van der Waals surface area (Å²) >= 11 is 2.25. The van der Waals surface area contributed by atoms with Gasteiger partial charge in [-0.2, -0.15) is 0 Å². The fourth-order valence-electron chi connectivity index (χ4n) is 2.10. The van der Waals surface area contributed by atoms with Crippen LogP contribution in [0.3, 0.4) is 0 Å². The van der Waals surface area contributed by atoms with Gasteiger partial charge in [-0.05, 0) is 84.8 Å². The van der Waals surface area contributed by atoms with E-state index in [2.05, 4.69) is 27.9 Å². The number of halogens is 1. The number of rotatable bonds is 7. The number of amides is 1. The summed E-state index contributed by atoms with van der Waals surface area (Å²) in [4.78, 5) is 23.1. The molecule has 2 rings (SSSR count). The van der Waals surface area contributed by atoms with Crippen LogP contribution in [0.2, 0.25) is 0 Å². The molecule has 1 N–H and O–H groups in total. The molecule has 126 valence electrons. The van der Waals surface area contributed by atoms with Gasteiger partial charge in [-0.3, -0.25) is 9.59 Å². The zero-order valence-electron chi connectivity index (χ0n) is 13.8. The molecule has 0 fully saturated rings. The van der Waals surface area contributed by atoms with Crippen LogP contribution < -0.4 is 10.1 Å². The van der Waals surface area contributed by atoms with Crippen LogP contribution in [0.15, 0.2) is 42.5 Å². The standard InChI is InChI=1S/C19H20INO3/c1-13-5-8-16(12-18(13)20)21-19(23)4-3-11-24-17-9-6-15(7-10-17)14(2)22/h5-10,12H,3-4,11H2,1-2H3,(H,21,23). The van der Waals surface area contributed by atoms with Crippen molar-refractivity contribution in [3.8, 4) is 5.75 Å². The zero-order valence-corrected chi connectivity index (χ0v) is 15.9. The van der Waals surface area contributed by atoms with Crippen molar-refractivity contribution in [2.45, 2.75) is 26.7 Å². The van der Waals surface area contributed by atoms with Crippen LogP contribution in [0, 0.1) is 10.5 Å². The molecule has 0 aliphatic heterocycles. The van der Waals surface area contributed by atoms with Gasteiger partial charge in [0.1, 0.15) is 5.75 Å². The van der Waals surface area contributed by atoms with Gasteiger partial charge in [0.25, 0.3) is 0 Å². The Bertz CT molecular complexity index is 726. The van der Waals surface area contributed by atoms with Crippen LogP contribution in [-0.4, -0.2) is 18.3 Å². The summed E-state index contributed by atoms with van der Waals surface area (Å²) in [6.07, 6.45) is 1.03. The minimum atomic E-state index is -0.0230. The Morgan fingerprint density at radius 2 is 1.83 bits per heavy atom. The van der Waals surface area contributed by atoms with Crippen LogP contribution >= 0.6 is 22.6 Å².